The van der Waals surface area contributed by atoms with Gasteiger partial charge in [0.1, 0.15) is 11.6 Å². The fourth-order valence-electron chi connectivity index (χ4n) is 2.03. The van der Waals surface area contributed by atoms with Gasteiger partial charge < -0.3 is 10.6 Å². The summed E-state index contributed by atoms with van der Waals surface area (Å²) in [6, 6.07) is 9.83. The molecule has 4 nitrogen and oxygen atoms in total. The van der Waals surface area contributed by atoms with E-state index >= 15 is 0 Å². The van der Waals surface area contributed by atoms with Gasteiger partial charge in [-0.05, 0) is 31.2 Å². The highest BCUT2D eigenvalue weighted by molar-refractivity contribution is 5.95. The third-order valence-corrected chi connectivity index (χ3v) is 3.06. The molecule has 2 rings (SSSR count). The molecule has 0 unspecified atom stereocenters. The Morgan fingerprint density at radius 3 is 2.39 bits per heavy atom. The molecule has 6 heteroatoms. The van der Waals surface area contributed by atoms with Crippen LogP contribution >= 0.6 is 0 Å². The van der Waals surface area contributed by atoms with Gasteiger partial charge in [-0.15, -0.1) is 0 Å². The maximum atomic E-state index is 13.0. The Morgan fingerprint density at radius 2 is 1.74 bits per heavy atom. The average molecular weight is 318 g/mol. The van der Waals surface area contributed by atoms with Crippen LogP contribution in [0.5, 0.6) is 0 Å². The van der Waals surface area contributed by atoms with Crippen molar-refractivity contribution in [2.24, 2.45) is 0 Å². The minimum absolute atomic E-state index is 0.00428. The summed E-state index contributed by atoms with van der Waals surface area (Å²) in [6.07, 6.45) is -0.00428. The molecule has 0 spiro atoms. The van der Waals surface area contributed by atoms with E-state index in [1.807, 2.05) is 13.0 Å². The molecular formula is C17H16F2N2O2. The lowest BCUT2D eigenvalue weighted by Crippen LogP contribution is -2.27. The second kappa shape index (κ2) is 7.49. The first-order valence-electron chi connectivity index (χ1n) is 7.05. The molecule has 0 fully saturated rings. The maximum Gasteiger partial charge on any atom is 0.251 e. The summed E-state index contributed by atoms with van der Waals surface area (Å²) >= 11 is 0. The van der Waals surface area contributed by atoms with Crippen LogP contribution in [-0.2, 0) is 4.79 Å². The van der Waals surface area contributed by atoms with E-state index in [0.29, 0.717) is 5.56 Å². The predicted octanol–water partition coefficient (Wildman–Crippen LogP) is 3.03. The monoisotopic (exact) mass is 318 g/mol. The van der Waals surface area contributed by atoms with Crippen molar-refractivity contribution in [3.8, 4) is 0 Å². The molecule has 0 aliphatic heterocycles. The van der Waals surface area contributed by atoms with E-state index < -0.39 is 17.5 Å². The van der Waals surface area contributed by atoms with Gasteiger partial charge in [0.2, 0.25) is 5.91 Å². The van der Waals surface area contributed by atoms with Gasteiger partial charge in [0.25, 0.3) is 5.91 Å². The number of carbonyl (C=O) groups is 2. The van der Waals surface area contributed by atoms with Gasteiger partial charge in [0.05, 0.1) is 0 Å². The number of hydrogen-bond donors (Lipinski definition) is 2. The normalized spacial score (nSPS) is 10.2. The number of rotatable bonds is 5. The van der Waals surface area contributed by atoms with Crippen LogP contribution in [0.15, 0.2) is 42.5 Å². The first-order valence-corrected chi connectivity index (χ1v) is 7.05. The molecule has 2 aromatic carbocycles. The minimum atomic E-state index is -0.770. The number of carbonyl (C=O) groups excluding carboxylic acids is 2. The fraction of sp³-hybridized carbons (Fsp3) is 0.176. The van der Waals surface area contributed by atoms with Gasteiger partial charge in [0.15, 0.2) is 0 Å². The molecule has 0 saturated carbocycles. The third kappa shape index (κ3) is 5.18. The first-order chi connectivity index (χ1) is 10.9. The zero-order valence-corrected chi connectivity index (χ0v) is 12.5. The van der Waals surface area contributed by atoms with Crippen molar-refractivity contribution < 1.29 is 18.4 Å². The molecular weight excluding hydrogens is 302 g/mol. The van der Waals surface area contributed by atoms with Gasteiger partial charge in [-0.1, -0.05) is 17.7 Å². The lowest BCUT2D eigenvalue weighted by atomic mass is 10.1. The summed E-state index contributed by atoms with van der Waals surface area (Å²) in [6.45, 7) is 2.00. The Bertz CT molecular complexity index is 712. The molecule has 2 amide bonds. The average Bonchev–Trinajstić information content (AvgIpc) is 2.45. The topological polar surface area (TPSA) is 58.2 Å². The van der Waals surface area contributed by atoms with Crippen LogP contribution in [0.2, 0.25) is 0 Å². The Kier molecular flexibility index (Phi) is 5.41. The molecule has 23 heavy (non-hydrogen) atoms. The van der Waals surface area contributed by atoms with E-state index in [9.17, 15) is 18.4 Å². The smallest absolute Gasteiger partial charge is 0.251 e. The number of nitrogens with one attached hydrogen (secondary N) is 2. The third-order valence-electron chi connectivity index (χ3n) is 3.06. The zero-order valence-electron chi connectivity index (χ0n) is 12.5. The van der Waals surface area contributed by atoms with Crippen LogP contribution < -0.4 is 10.6 Å². The van der Waals surface area contributed by atoms with Crippen LogP contribution in [0, 0.1) is 18.6 Å². The van der Waals surface area contributed by atoms with Gasteiger partial charge in [0, 0.05) is 30.3 Å². The van der Waals surface area contributed by atoms with Crippen molar-refractivity contribution in [1.29, 1.82) is 0 Å². The Hall–Kier alpha value is -2.76. The van der Waals surface area contributed by atoms with E-state index in [1.54, 1.807) is 18.2 Å². The summed E-state index contributed by atoms with van der Waals surface area (Å²) in [5.74, 6) is -2.26. The molecule has 0 aliphatic rings. The number of amides is 2. The summed E-state index contributed by atoms with van der Waals surface area (Å²) < 4.78 is 26.0. The molecule has 0 aliphatic carbocycles. The molecule has 2 aromatic rings. The van der Waals surface area contributed by atoms with E-state index in [1.165, 1.54) is 0 Å². The van der Waals surface area contributed by atoms with Crippen LogP contribution in [0.4, 0.5) is 14.5 Å². The highest BCUT2D eigenvalue weighted by Crippen LogP contribution is 2.13. The number of hydrogen-bond acceptors (Lipinski definition) is 2. The lowest BCUT2D eigenvalue weighted by molar-refractivity contribution is -0.116. The summed E-state index contributed by atoms with van der Waals surface area (Å²) in [5, 5.41) is 4.99. The second-order valence-corrected chi connectivity index (χ2v) is 5.08. The van der Waals surface area contributed by atoms with E-state index in [4.69, 9.17) is 0 Å². The molecule has 0 atom stereocenters. The first kappa shape index (κ1) is 16.6. The van der Waals surface area contributed by atoms with Gasteiger partial charge in [-0.2, -0.15) is 0 Å². The second-order valence-electron chi connectivity index (χ2n) is 5.08. The largest absolute Gasteiger partial charge is 0.352 e. The van der Waals surface area contributed by atoms with Crippen molar-refractivity contribution >= 4 is 17.5 Å². The fourth-order valence-corrected chi connectivity index (χ4v) is 2.03. The van der Waals surface area contributed by atoms with Gasteiger partial charge >= 0.3 is 0 Å². The minimum Gasteiger partial charge on any atom is -0.352 e. The van der Waals surface area contributed by atoms with Crippen LogP contribution in [0.25, 0.3) is 0 Å². The van der Waals surface area contributed by atoms with Crippen molar-refractivity contribution in [3.05, 3.63) is 65.2 Å². The molecule has 120 valence electrons. The molecule has 0 aromatic heterocycles. The lowest BCUT2D eigenvalue weighted by Gasteiger charge is -2.07. The Labute approximate surface area is 132 Å². The molecule has 2 N–H and O–H groups in total. The SMILES string of the molecule is Cc1cccc(C(=O)NCCC(=O)Nc2cc(F)cc(F)c2)c1. The highest BCUT2D eigenvalue weighted by Gasteiger charge is 2.08. The van der Waals surface area contributed by atoms with Gasteiger partial charge in [-0.25, -0.2) is 8.78 Å². The molecule has 0 bridgehead atoms. The summed E-state index contributed by atoms with van der Waals surface area (Å²) in [5.41, 5.74) is 1.51. The quantitative estimate of drug-likeness (QED) is 0.890. The number of benzene rings is 2. The molecule has 0 radical (unpaired) electrons. The van der Waals surface area contributed by atoms with E-state index in [-0.39, 0.29) is 24.6 Å². The van der Waals surface area contributed by atoms with Crippen molar-refractivity contribution in [2.75, 3.05) is 11.9 Å². The number of anilines is 1. The number of aryl methyl sites for hydroxylation is 1. The number of halogens is 2. The van der Waals surface area contributed by atoms with Crippen molar-refractivity contribution in [3.63, 3.8) is 0 Å². The zero-order chi connectivity index (χ0) is 16.8. The predicted molar refractivity (Wildman–Crippen MR) is 83.1 cm³/mol. The summed E-state index contributed by atoms with van der Waals surface area (Å²) in [7, 11) is 0. The van der Waals surface area contributed by atoms with Crippen LogP contribution in [0.3, 0.4) is 0 Å². The summed E-state index contributed by atoms with van der Waals surface area (Å²) in [4.78, 5) is 23.6. The van der Waals surface area contributed by atoms with Gasteiger partial charge in [-0.3, -0.25) is 9.59 Å². The van der Waals surface area contributed by atoms with Crippen LogP contribution in [0.1, 0.15) is 22.3 Å². The van der Waals surface area contributed by atoms with Crippen molar-refractivity contribution in [2.45, 2.75) is 13.3 Å². The standard InChI is InChI=1S/C17H16F2N2O2/c1-11-3-2-4-12(7-11)17(23)20-6-5-16(22)21-15-9-13(18)8-14(19)10-15/h2-4,7-10H,5-6H2,1H3,(H,20,23)(H,21,22). The van der Waals surface area contributed by atoms with E-state index in [0.717, 1.165) is 23.8 Å². The van der Waals surface area contributed by atoms with E-state index in [2.05, 4.69) is 10.6 Å². The Balaban J connectivity index is 1.81. The molecule has 0 saturated heterocycles. The maximum absolute atomic E-state index is 13.0. The van der Waals surface area contributed by atoms with Crippen molar-refractivity contribution in [1.82, 2.24) is 5.32 Å². The van der Waals surface area contributed by atoms with Crippen LogP contribution in [-0.4, -0.2) is 18.4 Å². The Morgan fingerprint density at radius 1 is 1.04 bits per heavy atom. The highest BCUT2D eigenvalue weighted by atomic mass is 19.1. The molecule has 0 heterocycles.